The van der Waals surface area contributed by atoms with Crippen LogP contribution in [-0.2, 0) is 9.31 Å². The van der Waals surface area contributed by atoms with E-state index in [-0.39, 0.29) is 6.61 Å². The number of hydrogen-bond acceptors (Lipinski definition) is 5. The highest BCUT2D eigenvalue weighted by atomic mass is 16.7. The summed E-state index contributed by atoms with van der Waals surface area (Å²) >= 11 is 0. The van der Waals surface area contributed by atoms with Crippen LogP contribution in [-0.4, -0.2) is 30.0 Å². The van der Waals surface area contributed by atoms with E-state index in [1.54, 1.807) is 24.3 Å². The summed E-state index contributed by atoms with van der Waals surface area (Å²) in [6, 6.07) is 7.13. The molecule has 1 saturated heterocycles. The molecule has 0 radical (unpaired) electrons. The molecular weight excluding hydrogens is 279 g/mol. The van der Waals surface area contributed by atoms with Crippen molar-refractivity contribution in [1.29, 1.82) is 5.26 Å². The lowest BCUT2D eigenvalue weighted by Gasteiger charge is -2.32. The van der Waals surface area contributed by atoms with Gasteiger partial charge in [-0.05, 0) is 56.9 Å². The molecule has 1 aromatic rings. The molecule has 0 aliphatic carbocycles. The Balaban J connectivity index is 2.38. The van der Waals surface area contributed by atoms with E-state index in [1.165, 1.54) is 0 Å². The van der Waals surface area contributed by atoms with E-state index in [0.717, 1.165) is 0 Å². The molecule has 1 aliphatic heterocycles. The first kappa shape index (κ1) is 16.6. The number of aliphatic hydroxyl groups excluding tert-OH is 1. The summed E-state index contributed by atoms with van der Waals surface area (Å²) in [4.78, 5) is 0. The Morgan fingerprint density at radius 2 is 1.91 bits per heavy atom. The van der Waals surface area contributed by atoms with Gasteiger partial charge in [0.05, 0.1) is 29.4 Å². The van der Waals surface area contributed by atoms with E-state index in [1.807, 2.05) is 27.7 Å². The molecule has 0 saturated carbocycles. The maximum Gasteiger partial charge on any atom is 0.492 e. The Hall–Kier alpha value is -1.81. The van der Waals surface area contributed by atoms with Crippen molar-refractivity contribution in [3.63, 3.8) is 0 Å². The Kier molecular flexibility index (Phi) is 4.34. The van der Waals surface area contributed by atoms with Crippen LogP contribution in [0.25, 0.3) is 6.08 Å². The fourth-order valence-corrected chi connectivity index (χ4v) is 2.18. The lowest BCUT2D eigenvalue weighted by Crippen LogP contribution is -2.41. The molecule has 0 unspecified atom stereocenters. The van der Waals surface area contributed by atoms with Crippen LogP contribution in [0.15, 0.2) is 23.7 Å². The van der Waals surface area contributed by atoms with Crippen LogP contribution in [0.3, 0.4) is 0 Å². The van der Waals surface area contributed by atoms with Crippen molar-refractivity contribution in [3.8, 4) is 6.07 Å². The zero-order valence-electron chi connectivity index (χ0n) is 13.4. The highest BCUT2D eigenvalue weighted by Gasteiger charge is 2.52. The predicted molar refractivity (Wildman–Crippen MR) is 86.7 cm³/mol. The molecule has 2 rings (SSSR count). The minimum absolute atomic E-state index is 0.226. The van der Waals surface area contributed by atoms with Gasteiger partial charge in [-0.25, -0.2) is 0 Å². The van der Waals surface area contributed by atoms with Gasteiger partial charge in [0.1, 0.15) is 0 Å². The first-order chi connectivity index (χ1) is 10.2. The second-order valence-electron chi connectivity index (χ2n) is 6.42. The van der Waals surface area contributed by atoms with Crippen LogP contribution in [0.1, 0.15) is 38.8 Å². The molecule has 0 bridgehead atoms. The molecule has 6 heteroatoms. The van der Waals surface area contributed by atoms with Crippen LogP contribution in [0, 0.1) is 11.3 Å². The fourth-order valence-electron chi connectivity index (χ4n) is 2.18. The molecule has 22 heavy (non-hydrogen) atoms. The highest BCUT2D eigenvalue weighted by molar-refractivity contribution is 6.55. The lowest BCUT2D eigenvalue weighted by atomic mass is 9.77. The highest BCUT2D eigenvalue weighted by Crippen LogP contribution is 2.38. The number of nitrogen functional groups attached to an aromatic ring is 1. The zero-order valence-corrected chi connectivity index (χ0v) is 13.4. The van der Waals surface area contributed by atoms with Crippen LogP contribution < -0.4 is 5.73 Å². The van der Waals surface area contributed by atoms with Gasteiger partial charge in [0.2, 0.25) is 0 Å². The molecule has 0 spiro atoms. The molecule has 0 aromatic heterocycles. The molecule has 1 fully saturated rings. The number of nitrogens with zero attached hydrogens (tertiary/aromatic N) is 1. The molecule has 1 aromatic carbocycles. The number of benzene rings is 1. The Bertz CT molecular complexity index is 631. The summed E-state index contributed by atoms with van der Waals surface area (Å²) in [5, 5.41) is 18.9. The normalized spacial score (nSPS) is 20.0. The molecule has 1 aliphatic rings. The molecule has 3 N–H and O–H groups in total. The number of rotatable bonds is 3. The summed E-state index contributed by atoms with van der Waals surface area (Å²) in [5.74, 6) is 0. The quantitative estimate of drug-likeness (QED) is 0.659. The summed E-state index contributed by atoms with van der Waals surface area (Å²) in [7, 11) is -0.650. The molecule has 0 atom stereocenters. The maximum absolute atomic E-state index is 9.68. The van der Waals surface area contributed by atoms with E-state index in [0.29, 0.717) is 22.3 Å². The average molecular weight is 300 g/mol. The number of anilines is 1. The van der Waals surface area contributed by atoms with Gasteiger partial charge >= 0.3 is 7.12 Å². The Morgan fingerprint density at radius 1 is 1.32 bits per heavy atom. The maximum atomic E-state index is 9.68. The van der Waals surface area contributed by atoms with Crippen LogP contribution in [0.2, 0.25) is 0 Å². The third-order valence-electron chi connectivity index (χ3n) is 4.28. The van der Waals surface area contributed by atoms with Crippen molar-refractivity contribution in [3.05, 3.63) is 34.8 Å². The van der Waals surface area contributed by atoms with E-state index >= 15 is 0 Å². The SMILES string of the molecule is CC1(C)OB(C(=Cc2cc(N)ccc2C#N)CO)OC1(C)C. The van der Waals surface area contributed by atoms with Gasteiger partial charge in [0.25, 0.3) is 0 Å². The molecule has 1 heterocycles. The van der Waals surface area contributed by atoms with Crippen molar-refractivity contribution in [1.82, 2.24) is 0 Å². The average Bonchev–Trinajstić information content (AvgIpc) is 2.64. The zero-order chi connectivity index (χ0) is 16.5. The predicted octanol–water partition coefficient (Wildman–Crippen LogP) is 2.15. The lowest BCUT2D eigenvalue weighted by molar-refractivity contribution is 0.00578. The number of nitrogens with two attached hydrogens (primary N) is 1. The Labute approximate surface area is 131 Å². The topological polar surface area (TPSA) is 88.5 Å². The fraction of sp³-hybridized carbons (Fsp3) is 0.438. The van der Waals surface area contributed by atoms with Crippen molar-refractivity contribution >= 4 is 18.9 Å². The van der Waals surface area contributed by atoms with Crippen molar-refractivity contribution in [2.24, 2.45) is 0 Å². The molecule has 0 amide bonds. The minimum Gasteiger partial charge on any atom is -0.400 e. The van der Waals surface area contributed by atoms with Gasteiger partial charge in [0, 0.05) is 5.69 Å². The second kappa shape index (κ2) is 5.77. The summed E-state index contributed by atoms with van der Waals surface area (Å²) in [6.45, 7) is 7.56. The van der Waals surface area contributed by atoms with Crippen LogP contribution in [0.4, 0.5) is 5.69 Å². The first-order valence-electron chi connectivity index (χ1n) is 7.17. The van der Waals surface area contributed by atoms with E-state index in [4.69, 9.17) is 15.0 Å². The van der Waals surface area contributed by atoms with Gasteiger partial charge in [-0.15, -0.1) is 0 Å². The Morgan fingerprint density at radius 3 is 2.41 bits per heavy atom. The van der Waals surface area contributed by atoms with E-state index in [2.05, 4.69) is 6.07 Å². The molecular formula is C16H21BN2O3. The van der Waals surface area contributed by atoms with Gasteiger partial charge < -0.3 is 20.1 Å². The molecule has 5 nitrogen and oxygen atoms in total. The third-order valence-corrected chi connectivity index (χ3v) is 4.28. The largest absolute Gasteiger partial charge is 0.492 e. The minimum atomic E-state index is -0.650. The number of hydrogen-bond donors (Lipinski definition) is 2. The van der Waals surface area contributed by atoms with Crippen LogP contribution >= 0.6 is 0 Å². The van der Waals surface area contributed by atoms with Crippen molar-refractivity contribution in [2.75, 3.05) is 12.3 Å². The van der Waals surface area contributed by atoms with Gasteiger partial charge in [-0.1, -0.05) is 6.08 Å². The van der Waals surface area contributed by atoms with Gasteiger partial charge in [0.15, 0.2) is 0 Å². The van der Waals surface area contributed by atoms with Crippen molar-refractivity contribution in [2.45, 2.75) is 38.9 Å². The first-order valence-corrected chi connectivity index (χ1v) is 7.17. The van der Waals surface area contributed by atoms with Crippen LogP contribution in [0.5, 0.6) is 0 Å². The van der Waals surface area contributed by atoms with E-state index in [9.17, 15) is 10.4 Å². The van der Waals surface area contributed by atoms with Gasteiger partial charge in [-0.2, -0.15) is 5.26 Å². The number of aliphatic hydroxyl groups is 1. The smallest absolute Gasteiger partial charge is 0.400 e. The summed E-state index contributed by atoms with van der Waals surface area (Å²) < 4.78 is 11.9. The van der Waals surface area contributed by atoms with Crippen molar-refractivity contribution < 1.29 is 14.4 Å². The standard InChI is InChI=1S/C16H21BN2O3/c1-15(2)16(3,4)22-17(21-15)13(10-20)7-12-8-14(19)6-5-11(12)9-18/h5-8,20H,10,19H2,1-4H3. The third kappa shape index (κ3) is 3.02. The number of nitriles is 1. The second-order valence-corrected chi connectivity index (χ2v) is 6.42. The summed E-state index contributed by atoms with van der Waals surface area (Å²) in [5.41, 5.74) is 7.03. The summed E-state index contributed by atoms with van der Waals surface area (Å²) in [6.07, 6.45) is 1.71. The van der Waals surface area contributed by atoms with Gasteiger partial charge in [-0.3, -0.25) is 0 Å². The van der Waals surface area contributed by atoms with E-state index < -0.39 is 18.3 Å². The molecule has 116 valence electrons. The monoisotopic (exact) mass is 300 g/mol.